The Balaban J connectivity index is 1.66. The molecule has 0 aliphatic carbocycles. The summed E-state index contributed by atoms with van der Waals surface area (Å²) in [6.45, 7) is 0. The third kappa shape index (κ3) is 2.24. The van der Waals surface area contributed by atoms with Gasteiger partial charge in [0.2, 0.25) is 5.95 Å². The van der Waals surface area contributed by atoms with Crippen molar-refractivity contribution in [3.05, 3.63) is 67.6 Å². The molecule has 0 spiro atoms. The van der Waals surface area contributed by atoms with E-state index in [-0.39, 0.29) is 0 Å². The number of hydrogen-bond acceptors (Lipinski definition) is 5. The summed E-state index contributed by atoms with van der Waals surface area (Å²) in [5, 5.41) is 8.82. The van der Waals surface area contributed by atoms with Gasteiger partial charge in [-0.1, -0.05) is 0 Å². The molecule has 0 aliphatic rings. The van der Waals surface area contributed by atoms with Crippen LogP contribution in [0.4, 0.5) is 0 Å². The second kappa shape index (κ2) is 5.21. The molecule has 4 aromatic rings. The van der Waals surface area contributed by atoms with E-state index in [1.54, 1.807) is 46.4 Å². The molecule has 4 aromatic heterocycles. The van der Waals surface area contributed by atoms with E-state index >= 15 is 0 Å². The number of aromatic nitrogens is 7. The minimum Gasteiger partial charge on any atom is -0.262 e. The standard InChI is InChI=1S/C15H11N7/c1-3-13(10-16-5-1)22-11-12(9-19-22)14-4-8-21(20-14)15-17-6-2-7-18-15/h1-11H. The van der Waals surface area contributed by atoms with E-state index in [1.165, 1.54) is 0 Å². The van der Waals surface area contributed by atoms with Gasteiger partial charge in [-0.05, 0) is 24.3 Å². The minimum absolute atomic E-state index is 0.536. The minimum atomic E-state index is 0.536. The zero-order chi connectivity index (χ0) is 14.8. The number of rotatable bonds is 3. The number of nitrogens with zero attached hydrogens (tertiary/aromatic N) is 7. The van der Waals surface area contributed by atoms with E-state index < -0.39 is 0 Å². The van der Waals surface area contributed by atoms with Gasteiger partial charge in [-0.3, -0.25) is 4.98 Å². The van der Waals surface area contributed by atoms with Gasteiger partial charge in [0.1, 0.15) is 0 Å². The van der Waals surface area contributed by atoms with E-state index in [4.69, 9.17) is 0 Å². The summed E-state index contributed by atoms with van der Waals surface area (Å²) in [4.78, 5) is 12.4. The van der Waals surface area contributed by atoms with E-state index in [2.05, 4.69) is 25.1 Å². The van der Waals surface area contributed by atoms with Crippen LogP contribution in [0.1, 0.15) is 0 Å². The molecule has 0 fully saturated rings. The van der Waals surface area contributed by atoms with Gasteiger partial charge in [0.25, 0.3) is 0 Å². The molecule has 4 heterocycles. The molecule has 4 rings (SSSR count). The van der Waals surface area contributed by atoms with Crippen LogP contribution < -0.4 is 0 Å². The molecule has 0 aromatic carbocycles. The summed E-state index contributed by atoms with van der Waals surface area (Å²) in [6, 6.07) is 7.49. The quantitative estimate of drug-likeness (QED) is 0.576. The van der Waals surface area contributed by atoms with Gasteiger partial charge >= 0.3 is 0 Å². The van der Waals surface area contributed by atoms with Crippen LogP contribution in [0.2, 0.25) is 0 Å². The summed E-state index contributed by atoms with van der Waals surface area (Å²) in [7, 11) is 0. The topological polar surface area (TPSA) is 74.3 Å². The van der Waals surface area contributed by atoms with Crippen LogP contribution >= 0.6 is 0 Å². The SMILES string of the molecule is c1cnc(-n2ccc(-c3cnn(-c4cccnc4)c3)n2)nc1. The summed E-state index contributed by atoms with van der Waals surface area (Å²) in [5.74, 6) is 0.536. The van der Waals surface area contributed by atoms with Crippen molar-refractivity contribution in [2.24, 2.45) is 0 Å². The van der Waals surface area contributed by atoms with Crippen LogP contribution in [-0.2, 0) is 0 Å². The van der Waals surface area contributed by atoms with Crippen LogP contribution in [0, 0.1) is 0 Å². The summed E-state index contributed by atoms with van der Waals surface area (Å²) in [6.07, 6.45) is 12.4. The van der Waals surface area contributed by atoms with Gasteiger partial charge in [-0.25, -0.2) is 19.3 Å². The Kier molecular flexibility index (Phi) is 2.93. The zero-order valence-electron chi connectivity index (χ0n) is 11.5. The Labute approximate surface area is 125 Å². The van der Waals surface area contributed by atoms with Crippen LogP contribution in [0.3, 0.4) is 0 Å². The molecule has 106 valence electrons. The van der Waals surface area contributed by atoms with E-state index in [0.717, 1.165) is 16.9 Å². The van der Waals surface area contributed by atoms with Crippen molar-refractivity contribution in [1.82, 2.24) is 34.5 Å². The fourth-order valence-electron chi connectivity index (χ4n) is 2.08. The lowest BCUT2D eigenvalue weighted by atomic mass is 10.3. The maximum absolute atomic E-state index is 4.48. The Morgan fingerprint density at radius 2 is 1.77 bits per heavy atom. The molecule has 7 heteroatoms. The van der Waals surface area contributed by atoms with Crippen molar-refractivity contribution in [3.8, 4) is 22.9 Å². The molecule has 0 bridgehead atoms. The smallest absolute Gasteiger partial charge is 0.250 e. The lowest BCUT2D eigenvalue weighted by Crippen LogP contribution is -2.00. The van der Waals surface area contributed by atoms with E-state index in [0.29, 0.717) is 5.95 Å². The first-order valence-corrected chi connectivity index (χ1v) is 6.69. The third-order valence-electron chi connectivity index (χ3n) is 3.13. The second-order valence-electron chi connectivity index (χ2n) is 4.58. The molecule has 22 heavy (non-hydrogen) atoms. The first kappa shape index (κ1) is 12.4. The molecule has 0 radical (unpaired) electrons. The maximum atomic E-state index is 4.48. The van der Waals surface area contributed by atoms with E-state index in [9.17, 15) is 0 Å². The highest BCUT2D eigenvalue weighted by Gasteiger charge is 2.08. The van der Waals surface area contributed by atoms with Gasteiger partial charge < -0.3 is 0 Å². The Morgan fingerprint density at radius 3 is 2.59 bits per heavy atom. The van der Waals surface area contributed by atoms with Crippen molar-refractivity contribution in [2.45, 2.75) is 0 Å². The van der Waals surface area contributed by atoms with Crippen LogP contribution in [0.25, 0.3) is 22.9 Å². The lowest BCUT2D eigenvalue weighted by molar-refractivity contribution is 0.811. The van der Waals surface area contributed by atoms with Gasteiger partial charge in [-0.15, -0.1) is 0 Å². The highest BCUT2D eigenvalue weighted by Crippen LogP contribution is 2.18. The zero-order valence-corrected chi connectivity index (χ0v) is 11.5. The molecule has 0 unspecified atom stereocenters. The Hall–Kier alpha value is -3.35. The molecule has 0 aliphatic heterocycles. The van der Waals surface area contributed by atoms with E-state index in [1.807, 2.05) is 30.6 Å². The Morgan fingerprint density at radius 1 is 0.864 bits per heavy atom. The molecule has 0 saturated carbocycles. The first-order chi connectivity index (χ1) is 10.9. The first-order valence-electron chi connectivity index (χ1n) is 6.69. The monoisotopic (exact) mass is 289 g/mol. The van der Waals surface area contributed by atoms with Crippen LogP contribution in [0.5, 0.6) is 0 Å². The summed E-state index contributed by atoms with van der Waals surface area (Å²) >= 11 is 0. The van der Waals surface area contributed by atoms with Gasteiger partial charge in [-0.2, -0.15) is 10.2 Å². The highest BCUT2D eigenvalue weighted by molar-refractivity contribution is 5.57. The lowest BCUT2D eigenvalue weighted by Gasteiger charge is -1.98. The molecule has 0 amide bonds. The molecule has 0 N–H and O–H groups in total. The maximum Gasteiger partial charge on any atom is 0.250 e. The molecule has 0 saturated heterocycles. The second-order valence-corrected chi connectivity index (χ2v) is 4.58. The highest BCUT2D eigenvalue weighted by atomic mass is 15.3. The van der Waals surface area contributed by atoms with Crippen molar-refractivity contribution in [1.29, 1.82) is 0 Å². The van der Waals surface area contributed by atoms with Crippen LogP contribution in [0.15, 0.2) is 67.6 Å². The average molecular weight is 289 g/mol. The molecular formula is C15H11N7. The van der Waals surface area contributed by atoms with Crippen LogP contribution in [-0.4, -0.2) is 34.5 Å². The Bertz CT molecular complexity index is 805. The largest absolute Gasteiger partial charge is 0.262 e. The molecule has 0 atom stereocenters. The fourth-order valence-corrected chi connectivity index (χ4v) is 2.08. The predicted octanol–water partition coefficient (Wildman–Crippen LogP) is 1.91. The summed E-state index contributed by atoms with van der Waals surface area (Å²) < 4.78 is 3.40. The number of hydrogen-bond donors (Lipinski definition) is 0. The third-order valence-corrected chi connectivity index (χ3v) is 3.13. The van der Waals surface area contributed by atoms with Gasteiger partial charge in [0.05, 0.1) is 23.8 Å². The van der Waals surface area contributed by atoms with Crippen molar-refractivity contribution in [3.63, 3.8) is 0 Å². The molecule has 7 nitrogen and oxygen atoms in total. The van der Waals surface area contributed by atoms with Crippen molar-refractivity contribution < 1.29 is 0 Å². The average Bonchev–Trinajstić information content (AvgIpc) is 3.26. The number of pyridine rings is 1. The van der Waals surface area contributed by atoms with Gasteiger partial charge in [0.15, 0.2) is 0 Å². The summed E-state index contributed by atoms with van der Waals surface area (Å²) in [5.41, 5.74) is 2.63. The van der Waals surface area contributed by atoms with Gasteiger partial charge in [0, 0.05) is 36.5 Å². The predicted molar refractivity (Wildman–Crippen MR) is 79.5 cm³/mol. The normalized spacial score (nSPS) is 10.7. The van der Waals surface area contributed by atoms with Crippen molar-refractivity contribution in [2.75, 3.05) is 0 Å². The fraction of sp³-hybridized carbons (Fsp3) is 0. The molecular weight excluding hydrogens is 278 g/mol. The van der Waals surface area contributed by atoms with Crippen molar-refractivity contribution >= 4 is 0 Å².